The number of ether oxygens (including phenoxy) is 1. The molecule has 8 heteroatoms. The van der Waals surface area contributed by atoms with Crippen LogP contribution in [0.15, 0.2) is 47.3 Å². The topological polar surface area (TPSA) is 101 Å². The van der Waals surface area contributed by atoms with Crippen molar-refractivity contribution >= 4 is 23.6 Å². The van der Waals surface area contributed by atoms with E-state index in [2.05, 4.69) is 10.6 Å². The van der Waals surface area contributed by atoms with Gasteiger partial charge < -0.3 is 24.7 Å². The molecule has 0 saturated carbocycles. The summed E-state index contributed by atoms with van der Waals surface area (Å²) < 4.78 is 10.1. The molecule has 1 aromatic heterocycles. The Morgan fingerprint density at radius 3 is 2.57 bits per heavy atom. The molecule has 0 radical (unpaired) electrons. The lowest BCUT2D eigenvalue weighted by Crippen LogP contribution is -2.34. The monoisotopic (exact) mass is 387 g/mol. The third-order valence-electron chi connectivity index (χ3n) is 3.53. The number of nitrogens with one attached hydrogen (secondary N) is 2. The van der Waals surface area contributed by atoms with Crippen LogP contribution in [-0.4, -0.2) is 42.0 Å². The van der Waals surface area contributed by atoms with Crippen LogP contribution in [0.3, 0.4) is 0 Å². The number of benzene rings is 1. The van der Waals surface area contributed by atoms with Crippen LogP contribution in [0.25, 0.3) is 0 Å². The second-order valence-electron chi connectivity index (χ2n) is 7.28. The fraction of sp³-hybridized carbons (Fsp3) is 0.350. The molecule has 0 aliphatic rings. The first-order valence-electron chi connectivity index (χ1n) is 8.77. The Morgan fingerprint density at radius 1 is 1.18 bits per heavy atom. The molecule has 0 bridgehead atoms. The van der Waals surface area contributed by atoms with Gasteiger partial charge in [-0.2, -0.15) is 0 Å². The smallest absolute Gasteiger partial charge is 0.410 e. The van der Waals surface area contributed by atoms with Gasteiger partial charge in [0, 0.05) is 19.3 Å². The molecule has 28 heavy (non-hydrogen) atoms. The Balaban J connectivity index is 1.87. The number of nitrogens with zero attached hydrogens (tertiary/aromatic N) is 1. The maximum Gasteiger partial charge on any atom is 0.410 e. The number of hydrogen-bond donors (Lipinski definition) is 2. The Hall–Kier alpha value is -3.29. The van der Waals surface area contributed by atoms with E-state index in [0.717, 1.165) is 5.56 Å². The molecule has 2 rings (SSSR count). The summed E-state index contributed by atoms with van der Waals surface area (Å²) in [6.07, 6.45) is 2.26. The molecule has 1 aromatic carbocycles. The molecule has 150 valence electrons. The van der Waals surface area contributed by atoms with E-state index in [0.29, 0.717) is 17.8 Å². The van der Waals surface area contributed by atoms with Gasteiger partial charge in [-0.3, -0.25) is 9.59 Å². The van der Waals surface area contributed by atoms with E-state index in [1.54, 1.807) is 46.0 Å². The van der Waals surface area contributed by atoms with Crippen molar-refractivity contribution in [2.75, 3.05) is 18.9 Å². The summed E-state index contributed by atoms with van der Waals surface area (Å²) in [7, 11) is 1.64. The number of furan rings is 1. The fourth-order valence-electron chi connectivity index (χ4n) is 2.29. The van der Waals surface area contributed by atoms with E-state index in [9.17, 15) is 14.4 Å². The SMILES string of the molecule is CN(Cc1cccc(NC(=O)CNC(=O)c2ccoc2)c1)C(=O)OC(C)(C)C. The van der Waals surface area contributed by atoms with Gasteiger partial charge in [0.05, 0.1) is 18.4 Å². The molecular weight excluding hydrogens is 362 g/mol. The Kier molecular flexibility index (Phi) is 6.81. The summed E-state index contributed by atoms with van der Waals surface area (Å²) >= 11 is 0. The number of anilines is 1. The molecule has 0 unspecified atom stereocenters. The molecule has 0 spiro atoms. The van der Waals surface area contributed by atoms with Crippen LogP contribution in [0.5, 0.6) is 0 Å². The van der Waals surface area contributed by atoms with Crippen molar-refractivity contribution in [1.82, 2.24) is 10.2 Å². The maximum atomic E-state index is 12.1. The first-order valence-corrected chi connectivity index (χ1v) is 8.77. The van der Waals surface area contributed by atoms with Crippen molar-refractivity contribution in [3.63, 3.8) is 0 Å². The molecular formula is C20H25N3O5. The molecule has 2 aromatic rings. The summed E-state index contributed by atoms with van der Waals surface area (Å²) in [5, 5.41) is 5.22. The van der Waals surface area contributed by atoms with Crippen LogP contribution in [0.2, 0.25) is 0 Å². The van der Waals surface area contributed by atoms with Gasteiger partial charge in [-0.25, -0.2) is 4.79 Å². The third-order valence-corrected chi connectivity index (χ3v) is 3.53. The number of amides is 3. The highest BCUT2D eigenvalue weighted by molar-refractivity contribution is 5.99. The van der Waals surface area contributed by atoms with Crippen molar-refractivity contribution in [2.24, 2.45) is 0 Å². The largest absolute Gasteiger partial charge is 0.472 e. The first kappa shape index (κ1) is 21.0. The van der Waals surface area contributed by atoms with E-state index in [-0.39, 0.29) is 12.5 Å². The quantitative estimate of drug-likeness (QED) is 0.793. The van der Waals surface area contributed by atoms with Gasteiger partial charge in [-0.15, -0.1) is 0 Å². The summed E-state index contributed by atoms with van der Waals surface area (Å²) in [5.74, 6) is -0.758. The zero-order chi connectivity index (χ0) is 20.7. The van der Waals surface area contributed by atoms with Crippen molar-refractivity contribution in [2.45, 2.75) is 32.9 Å². The van der Waals surface area contributed by atoms with E-state index in [4.69, 9.17) is 9.15 Å². The molecule has 0 saturated heterocycles. The van der Waals surface area contributed by atoms with E-state index < -0.39 is 17.6 Å². The van der Waals surface area contributed by atoms with Gasteiger partial charge >= 0.3 is 6.09 Å². The van der Waals surface area contributed by atoms with Gasteiger partial charge in [-0.1, -0.05) is 12.1 Å². The Labute approximate surface area is 163 Å². The molecule has 0 aliphatic heterocycles. The lowest BCUT2D eigenvalue weighted by Gasteiger charge is -2.24. The second-order valence-corrected chi connectivity index (χ2v) is 7.28. The van der Waals surface area contributed by atoms with E-state index in [1.165, 1.54) is 23.5 Å². The van der Waals surface area contributed by atoms with E-state index >= 15 is 0 Å². The molecule has 0 fully saturated rings. The predicted octanol–water partition coefficient (Wildman–Crippen LogP) is 3.02. The van der Waals surface area contributed by atoms with E-state index in [1.807, 2.05) is 6.07 Å². The molecule has 0 aliphatic carbocycles. The number of hydrogen-bond acceptors (Lipinski definition) is 5. The summed E-state index contributed by atoms with van der Waals surface area (Å²) in [6.45, 7) is 5.57. The number of carbonyl (C=O) groups excluding carboxylic acids is 3. The fourth-order valence-corrected chi connectivity index (χ4v) is 2.29. The van der Waals surface area contributed by atoms with Crippen LogP contribution in [0, 0.1) is 0 Å². The van der Waals surface area contributed by atoms with Crippen molar-refractivity contribution < 1.29 is 23.5 Å². The Morgan fingerprint density at radius 2 is 1.93 bits per heavy atom. The third kappa shape index (κ3) is 6.79. The first-order chi connectivity index (χ1) is 13.1. The maximum absolute atomic E-state index is 12.1. The average Bonchev–Trinajstić information content (AvgIpc) is 3.13. The van der Waals surface area contributed by atoms with Crippen LogP contribution in [-0.2, 0) is 16.1 Å². The molecule has 3 amide bonds. The van der Waals surface area contributed by atoms with Gasteiger partial charge in [0.2, 0.25) is 5.91 Å². The standard InChI is InChI=1S/C20H25N3O5/c1-20(2,3)28-19(26)23(4)12-14-6-5-7-16(10-14)22-17(24)11-21-18(25)15-8-9-27-13-15/h5-10,13H,11-12H2,1-4H3,(H,21,25)(H,22,24). The minimum Gasteiger partial charge on any atom is -0.472 e. The zero-order valence-electron chi connectivity index (χ0n) is 16.4. The van der Waals surface area contributed by atoms with Gasteiger partial charge in [0.25, 0.3) is 5.91 Å². The number of carbonyl (C=O) groups is 3. The number of rotatable bonds is 6. The van der Waals surface area contributed by atoms with Crippen molar-refractivity contribution in [1.29, 1.82) is 0 Å². The minimum atomic E-state index is -0.567. The van der Waals surface area contributed by atoms with Gasteiger partial charge in [0.15, 0.2) is 0 Å². The van der Waals surface area contributed by atoms with Crippen LogP contribution >= 0.6 is 0 Å². The molecule has 8 nitrogen and oxygen atoms in total. The molecule has 1 heterocycles. The van der Waals surface area contributed by atoms with Gasteiger partial charge in [0.1, 0.15) is 11.9 Å². The highest BCUT2D eigenvalue weighted by Crippen LogP contribution is 2.14. The summed E-state index contributed by atoms with van der Waals surface area (Å²) in [4.78, 5) is 37.4. The zero-order valence-corrected chi connectivity index (χ0v) is 16.4. The van der Waals surface area contributed by atoms with Crippen molar-refractivity contribution in [3.05, 3.63) is 54.0 Å². The lowest BCUT2D eigenvalue weighted by molar-refractivity contribution is -0.115. The average molecular weight is 387 g/mol. The summed E-state index contributed by atoms with van der Waals surface area (Å²) in [5.41, 5.74) is 1.17. The Bertz CT molecular complexity index is 825. The predicted molar refractivity (Wildman–Crippen MR) is 104 cm³/mol. The van der Waals surface area contributed by atoms with Gasteiger partial charge in [-0.05, 0) is 44.5 Å². The second kappa shape index (κ2) is 9.07. The minimum absolute atomic E-state index is 0.175. The molecule has 2 N–H and O–H groups in total. The molecule has 0 atom stereocenters. The summed E-state index contributed by atoms with van der Waals surface area (Å²) in [6, 6.07) is 8.62. The van der Waals surface area contributed by atoms with Crippen LogP contribution in [0.1, 0.15) is 36.7 Å². The highest BCUT2D eigenvalue weighted by Gasteiger charge is 2.19. The highest BCUT2D eigenvalue weighted by atomic mass is 16.6. The van der Waals surface area contributed by atoms with Crippen molar-refractivity contribution in [3.8, 4) is 0 Å². The van der Waals surface area contributed by atoms with Crippen LogP contribution < -0.4 is 10.6 Å². The normalized spacial score (nSPS) is 10.9. The van der Waals surface area contributed by atoms with Crippen LogP contribution in [0.4, 0.5) is 10.5 Å². The lowest BCUT2D eigenvalue weighted by atomic mass is 10.2.